The van der Waals surface area contributed by atoms with Gasteiger partial charge in [-0.05, 0) is 43.5 Å². The van der Waals surface area contributed by atoms with E-state index in [2.05, 4.69) is 26.6 Å². The largest absolute Gasteiger partial charge is 0.481 e. The number of nitrogens with one attached hydrogen (secondary N) is 2. The average molecular weight is 353 g/mol. The molecule has 0 bridgehead atoms. The molecule has 0 fully saturated rings. The first-order valence-corrected chi connectivity index (χ1v) is 7.41. The third kappa shape index (κ3) is 3.85. The van der Waals surface area contributed by atoms with Crippen LogP contribution in [0.2, 0.25) is 0 Å². The molecule has 0 aromatic heterocycles. The molecule has 1 aromatic carbocycles. The Bertz CT molecular complexity index is 590. The van der Waals surface area contributed by atoms with Gasteiger partial charge in [-0.2, -0.15) is 0 Å². The second kappa shape index (κ2) is 6.30. The predicted octanol–water partition coefficient (Wildman–Crippen LogP) is 3.22. The summed E-state index contributed by atoms with van der Waals surface area (Å²) in [4.78, 5) is 22.9. The number of aliphatic carboxylic acids is 1. The molecule has 1 aliphatic carbocycles. The molecule has 2 rings (SSSR count). The minimum atomic E-state index is -0.865. The van der Waals surface area contributed by atoms with Crippen LogP contribution in [-0.4, -0.2) is 23.1 Å². The quantitative estimate of drug-likeness (QED) is 0.730. The number of carbonyl (C=O) groups excluding carboxylic acids is 1. The zero-order chi connectivity index (χ0) is 15.6. The van der Waals surface area contributed by atoms with E-state index in [1.807, 2.05) is 26.0 Å². The van der Waals surface area contributed by atoms with Gasteiger partial charge in [0.2, 0.25) is 0 Å². The van der Waals surface area contributed by atoms with Crippen LogP contribution in [0.15, 0.2) is 28.8 Å². The molecule has 6 heteroatoms. The standard InChI is InChI=1S/C15H17BrN2O3/c1-8-5-11(16)6-9(2)13(8)18-15(21)17-12-4-3-10(7-12)14(19)20/h3-6,10,12H,7H2,1-2H3,(H,19,20)(H2,17,18,21). The second-order valence-corrected chi connectivity index (χ2v) is 6.10. The Morgan fingerprint density at radius 2 is 1.86 bits per heavy atom. The average Bonchev–Trinajstić information content (AvgIpc) is 2.82. The van der Waals surface area contributed by atoms with Crippen LogP contribution < -0.4 is 10.6 Å². The highest BCUT2D eigenvalue weighted by Gasteiger charge is 2.25. The summed E-state index contributed by atoms with van der Waals surface area (Å²) in [7, 11) is 0. The molecule has 0 radical (unpaired) electrons. The molecule has 1 aliphatic rings. The number of halogens is 1. The minimum absolute atomic E-state index is 0.248. The van der Waals surface area contributed by atoms with Crippen LogP contribution in [0.5, 0.6) is 0 Å². The molecular formula is C15H17BrN2O3. The highest BCUT2D eigenvalue weighted by atomic mass is 79.9. The van der Waals surface area contributed by atoms with E-state index in [1.54, 1.807) is 12.2 Å². The smallest absolute Gasteiger partial charge is 0.319 e. The van der Waals surface area contributed by atoms with Crippen molar-refractivity contribution < 1.29 is 14.7 Å². The fourth-order valence-electron chi connectivity index (χ4n) is 2.41. The maximum absolute atomic E-state index is 12.0. The summed E-state index contributed by atoms with van der Waals surface area (Å²) in [6.45, 7) is 3.84. The molecule has 0 saturated carbocycles. The summed E-state index contributed by atoms with van der Waals surface area (Å²) < 4.78 is 0.964. The molecule has 3 N–H and O–H groups in total. The van der Waals surface area contributed by atoms with Crippen LogP contribution in [-0.2, 0) is 4.79 Å². The Balaban J connectivity index is 1.98. The van der Waals surface area contributed by atoms with Crippen molar-refractivity contribution in [2.75, 3.05) is 5.32 Å². The molecular weight excluding hydrogens is 336 g/mol. The molecule has 2 amide bonds. The van der Waals surface area contributed by atoms with Crippen LogP contribution in [0, 0.1) is 19.8 Å². The number of urea groups is 1. The lowest BCUT2D eigenvalue weighted by molar-refractivity contribution is -0.140. The number of amides is 2. The van der Waals surface area contributed by atoms with Crippen molar-refractivity contribution in [2.24, 2.45) is 5.92 Å². The van der Waals surface area contributed by atoms with Crippen LogP contribution in [0.3, 0.4) is 0 Å². The van der Waals surface area contributed by atoms with Crippen LogP contribution >= 0.6 is 15.9 Å². The first kappa shape index (κ1) is 15.6. The SMILES string of the molecule is Cc1cc(Br)cc(C)c1NC(=O)NC1C=CC(C(=O)O)C1. The molecule has 21 heavy (non-hydrogen) atoms. The van der Waals surface area contributed by atoms with E-state index in [4.69, 9.17) is 5.11 Å². The third-order valence-electron chi connectivity index (χ3n) is 3.45. The summed E-state index contributed by atoms with van der Waals surface area (Å²) >= 11 is 3.41. The highest BCUT2D eigenvalue weighted by Crippen LogP contribution is 2.25. The lowest BCUT2D eigenvalue weighted by atomic mass is 10.1. The predicted molar refractivity (Wildman–Crippen MR) is 84.4 cm³/mol. The molecule has 0 aliphatic heterocycles. The number of hydrogen-bond acceptors (Lipinski definition) is 2. The Labute approximate surface area is 131 Å². The van der Waals surface area contributed by atoms with Crippen molar-refractivity contribution in [1.29, 1.82) is 0 Å². The topological polar surface area (TPSA) is 78.4 Å². The van der Waals surface area contributed by atoms with Crippen molar-refractivity contribution >= 4 is 33.6 Å². The maximum atomic E-state index is 12.0. The van der Waals surface area contributed by atoms with Crippen molar-refractivity contribution in [3.8, 4) is 0 Å². The number of rotatable bonds is 3. The number of benzene rings is 1. The summed E-state index contributed by atoms with van der Waals surface area (Å²) in [5.74, 6) is -1.39. The summed E-state index contributed by atoms with van der Waals surface area (Å²) in [6, 6.07) is 3.28. The van der Waals surface area contributed by atoms with E-state index in [1.165, 1.54) is 0 Å². The van der Waals surface area contributed by atoms with E-state index < -0.39 is 11.9 Å². The number of carbonyl (C=O) groups is 2. The van der Waals surface area contributed by atoms with E-state index in [9.17, 15) is 9.59 Å². The first-order chi connectivity index (χ1) is 9.86. The van der Waals surface area contributed by atoms with Gasteiger partial charge in [0.25, 0.3) is 0 Å². The Morgan fingerprint density at radius 3 is 2.38 bits per heavy atom. The van der Waals surface area contributed by atoms with Gasteiger partial charge in [-0.25, -0.2) is 4.79 Å². The zero-order valence-corrected chi connectivity index (χ0v) is 13.4. The highest BCUT2D eigenvalue weighted by molar-refractivity contribution is 9.10. The molecule has 5 nitrogen and oxygen atoms in total. The Morgan fingerprint density at radius 1 is 1.24 bits per heavy atom. The van der Waals surface area contributed by atoms with Gasteiger partial charge in [0.05, 0.1) is 12.0 Å². The van der Waals surface area contributed by atoms with Gasteiger partial charge in [-0.15, -0.1) is 0 Å². The lowest BCUT2D eigenvalue weighted by Gasteiger charge is -2.16. The van der Waals surface area contributed by atoms with Gasteiger partial charge < -0.3 is 15.7 Å². The van der Waals surface area contributed by atoms with Crippen LogP contribution in [0.25, 0.3) is 0 Å². The molecule has 0 saturated heterocycles. The van der Waals surface area contributed by atoms with E-state index in [-0.39, 0.29) is 12.1 Å². The van der Waals surface area contributed by atoms with Gasteiger partial charge in [-0.3, -0.25) is 4.79 Å². The number of aryl methyl sites for hydroxylation is 2. The first-order valence-electron chi connectivity index (χ1n) is 6.62. The lowest BCUT2D eigenvalue weighted by Crippen LogP contribution is -2.36. The number of carboxylic acids is 1. The fraction of sp³-hybridized carbons (Fsp3) is 0.333. The van der Waals surface area contributed by atoms with Crippen LogP contribution in [0.4, 0.5) is 10.5 Å². The van der Waals surface area contributed by atoms with Gasteiger partial charge in [0, 0.05) is 10.2 Å². The van der Waals surface area contributed by atoms with E-state index in [0.717, 1.165) is 21.3 Å². The van der Waals surface area contributed by atoms with Crippen molar-refractivity contribution in [3.63, 3.8) is 0 Å². The van der Waals surface area contributed by atoms with E-state index in [0.29, 0.717) is 6.42 Å². The number of carboxylic acid groups (broad SMARTS) is 1. The van der Waals surface area contributed by atoms with Gasteiger partial charge in [0.15, 0.2) is 0 Å². The number of anilines is 1. The van der Waals surface area contributed by atoms with Crippen LogP contribution in [0.1, 0.15) is 17.5 Å². The molecule has 2 unspecified atom stereocenters. The summed E-state index contributed by atoms with van der Waals surface area (Å²) in [5, 5.41) is 14.5. The monoisotopic (exact) mass is 352 g/mol. The summed E-state index contributed by atoms with van der Waals surface area (Å²) in [5.41, 5.74) is 2.69. The van der Waals surface area contributed by atoms with Gasteiger partial charge in [0.1, 0.15) is 0 Å². The molecule has 1 aromatic rings. The Hall–Kier alpha value is -1.82. The zero-order valence-electron chi connectivity index (χ0n) is 11.8. The molecule has 2 atom stereocenters. The maximum Gasteiger partial charge on any atom is 0.319 e. The second-order valence-electron chi connectivity index (χ2n) is 5.18. The van der Waals surface area contributed by atoms with Crippen molar-refractivity contribution in [2.45, 2.75) is 26.3 Å². The number of hydrogen-bond donors (Lipinski definition) is 3. The molecule has 112 valence electrons. The van der Waals surface area contributed by atoms with Gasteiger partial charge >= 0.3 is 12.0 Å². The Kier molecular flexibility index (Phi) is 4.67. The van der Waals surface area contributed by atoms with Crippen molar-refractivity contribution in [3.05, 3.63) is 39.9 Å². The fourth-order valence-corrected chi connectivity index (χ4v) is 3.10. The third-order valence-corrected chi connectivity index (χ3v) is 3.91. The molecule has 0 heterocycles. The van der Waals surface area contributed by atoms with Gasteiger partial charge in [-0.1, -0.05) is 28.1 Å². The van der Waals surface area contributed by atoms with Crippen molar-refractivity contribution in [1.82, 2.24) is 5.32 Å². The van der Waals surface area contributed by atoms with E-state index >= 15 is 0 Å². The summed E-state index contributed by atoms with van der Waals surface area (Å²) in [6.07, 6.45) is 3.73. The normalized spacial score (nSPS) is 20.3. The minimum Gasteiger partial charge on any atom is -0.481 e. The molecule has 0 spiro atoms.